The van der Waals surface area contributed by atoms with Gasteiger partial charge in [0.15, 0.2) is 0 Å². The van der Waals surface area contributed by atoms with Gasteiger partial charge in [-0.3, -0.25) is 4.79 Å². The molecule has 0 aliphatic heterocycles. The van der Waals surface area contributed by atoms with Crippen LogP contribution in [0, 0.1) is 0 Å². The number of carboxylic acids is 1. The molecule has 0 aromatic heterocycles. The number of hydrogen-bond acceptors (Lipinski definition) is 2. The summed E-state index contributed by atoms with van der Waals surface area (Å²) in [5, 5.41) is 12.7. The number of rotatable bonds is 7. The van der Waals surface area contributed by atoms with Gasteiger partial charge in [-0.15, -0.1) is 0 Å². The number of carboxylic acid groups (broad SMARTS) is 1. The molecule has 1 aliphatic rings. The first kappa shape index (κ1) is 14.8. The summed E-state index contributed by atoms with van der Waals surface area (Å²) >= 11 is 0. The standard InChI is InChI=1S/C19H21NO2/c21-17(22)11-12-19(13-14-19)20-18(15-7-3-1-4-8-15)16-9-5-2-6-10-16/h1-10,18,20H,11-14H2,(H,21,22). The van der Waals surface area contributed by atoms with Crippen LogP contribution in [0.2, 0.25) is 0 Å². The van der Waals surface area contributed by atoms with Crippen molar-refractivity contribution in [1.29, 1.82) is 0 Å². The minimum absolute atomic E-state index is 0.0191. The second kappa shape index (κ2) is 6.32. The van der Waals surface area contributed by atoms with Crippen LogP contribution in [0.4, 0.5) is 0 Å². The number of hydrogen-bond donors (Lipinski definition) is 2. The third-order valence-corrected chi connectivity index (χ3v) is 4.39. The van der Waals surface area contributed by atoms with Crippen LogP contribution in [-0.2, 0) is 4.79 Å². The molecule has 0 radical (unpaired) electrons. The highest BCUT2D eigenvalue weighted by Gasteiger charge is 2.44. The Balaban J connectivity index is 1.82. The molecule has 0 atom stereocenters. The zero-order chi connectivity index (χ0) is 15.4. The van der Waals surface area contributed by atoms with Gasteiger partial charge in [0.2, 0.25) is 0 Å². The summed E-state index contributed by atoms with van der Waals surface area (Å²) in [4.78, 5) is 10.9. The monoisotopic (exact) mass is 295 g/mol. The van der Waals surface area contributed by atoms with Crippen molar-refractivity contribution in [2.75, 3.05) is 0 Å². The van der Waals surface area contributed by atoms with E-state index in [-0.39, 0.29) is 18.0 Å². The van der Waals surface area contributed by atoms with Gasteiger partial charge in [-0.25, -0.2) is 0 Å². The van der Waals surface area contributed by atoms with Crippen molar-refractivity contribution in [3.63, 3.8) is 0 Å². The predicted molar refractivity (Wildman–Crippen MR) is 86.7 cm³/mol. The molecule has 0 amide bonds. The quantitative estimate of drug-likeness (QED) is 0.817. The molecule has 3 rings (SSSR count). The van der Waals surface area contributed by atoms with Gasteiger partial charge in [0.25, 0.3) is 0 Å². The van der Waals surface area contributed by atoms with E-state index in [9.17, 15) is 4.79 Å². The molecule has 0 unspecified atom stereocenters. The predicted octanol–water partition coefficient (Wildman–Crippen LogP) is 3.76. The minimum Gasteiger partial charge on any atom is -0.481 e. The van der Waals surface area contributed by atoms with Crippen LogP contribution < -0.4 is 5.32 Å². The highest BCUT2D eigenvalue weighted by atomic mass is 16.4. The normalized spacial score (nSPS) is 15.7. The Bertz CT molecular complexity index is 581. The van der Waals surface area contributed by atoms with Crippen LogP contribution in [0.1, 0.15) is 42.9 Å². The van der Waals surface area contributed by atoms with Gasteiger partial charge in [-0.1, -0.05) is 60.7 Å². The summed E-state index contributed by atoms with van der Waals surface area (Å²) < 4.78 is 0. The average Bonchev–Trinajstić information content (AvgIpc) is 3.33. The fourth-order valence-corrected chi connectivity index (χ4v) is 2.92. The van der Waals surface area contributed by atoms with Crippen LogP contribution in [0.3, 0.4) is 0 Å². The molecule has 1 fully saturated rings. The summed E-state index contributed by atoms with van der Waals surface area (Å²) in [6.45, 7) is 0. The van der Waals surface area contributed by atoms with E-state index in [0.29, 0.717) is 6.42 Å². The highest BCUT2D eigenvalue weighted by molar-refractivity contribution is 5.66. The van der Waals surface area contributed by atoms with Crippen molar-refractivity contribution in [3.05, 3.63) is 71.8 Å². The van der Waals surface area contributed by atoms with Gasteiger partial charge < -0.3 is 10.4 Å². The van der Waals surface area contributed by atoms with Gasteiger partial charge in [-0.2, -0.15) is 0 Å². The number of aliphatic carboxylic acids is 1. The maximum absolute atomic E-state index is 10.9. The van der Waals surface area contributed by atoms with Gasteiger partial charge >= 0.3 is 5.97 Å². The Hall–Kier alpha value is -2.13. The molecule has 2 aromatic carbocycles. The van der Waals surface area contributed by atoms with Gasteiger partial charge in [0.1, 0.15) is 0 Å². The van der Waals surface area contributed by atoms with Crippen LogP contribution in [0.15, 0.2) is 60.7 Å². The Morgan fingerprint density at radius 1 is 1.00 bits per heavy atom. The lowest BCUT2D eigenvalue weighted by atomic mass is 9.96. The van der Waals surface area contributed by atoms with Crippen molar-refractivity contribution in [1.82, 2.24) is 5.32 Å². The van der Waals surface area contributed by atoms with Crippen LogP contribution in [0.5, 0.6) is 0 Å². The Kier molecular flexibility index (Phi) is 4.25. The van der Waals surface area contributed by atoms with Crippen LogP contribution in [0.25, 0.3) is 0 Å². The van der Waals surface area contributed by atoms with E-state index in [1.165, 1.54) is 11.1 Å². The molecule has 3 nitrogen and oxygen atoms in total. The lowest BCUT2D eigenvalue weighted by molar-refractivity contribution is -0.137. The number of nitrogens with one attached hydrogen (secondary N) is 1. The van der Waals surface area contributed by atoms with Crippen molar-refractivity contribution < 1.29 is 9.90 Å². The molecule has 2 N–H and O–H groups in total. The summed E-state index contributed by atoms with van der Waals surface area (Å²) in [6, 6.07) is 20.8. The average molecular weight is 295 g/mol. The van der Waals surface area contributed by atoms with Gasteiger partial charge in [0.05, 0.1) is 6.04 Å². The summed E-state index contributed by atoms with van der Waals surface area (Å²) in [6.07, 6.45) is 3.02. The lowest BCUT2D eigenvalue weighted by Crippen LogP contribution is -2.36. The van der Waals surface area contributed by atoms with Crippen molar-refractivity contribution in [2.24, 2.45) is 0 Å². The van der Waals surface area contributed by atoms with E-state index in [2.05, 4.69) is 29.6 Å². The van der Waals surface area contributed by atoms with Crippen molar-refractivity contribution in [3.8, 4) is 0 Å². The fourth-order valence-electron chi connectivity index (χ4n) is 2.92. The molecule has 1 aliphatic carbocycles. The molecule has 0 heterocycles. The van der Waals surface area contributed by atoms with Crippen molar-refractivity contribution in [2.45, 2.75) is 37.3 Å². The highest BCUT2D eigenvalue weighted by Crippen LogP contribution is 2.42. The first-order valence-electron chi connectivity index (χ1n) is 7.78. The molecule has 1 saturated carbocycles. The topological polar surface area (TPSA) is 49.3 Å². The number of benzene rings is 2. The largest absolute Gasteiger partial charge is 0.481 e. The molecule has 114 valence electrons. The zero-order valence-corrected chi connectivity index (χ0v) is 12.5. The maximum Gasteiger partial charge on any atom is 0.303 e. The maximum atomic E-state index is 10.9. The molecular formula is C19H21NO2. The van der Waals surface area contributed by atoms with Crippen molar-refractivity contribution >= 4 is 5.97 Å². The Morgan fingerprint density at radius 3 is 1.91 bits per heavy atom. The summed E-state index contributed by atoms with van der Waals surface area (Å²) in [5.41, 5.74) is 2.42. The van der Waals surface area contributed by atoms with E-state index in [1.807, 2.05) is 36.4 Å². The van der Waals surface area contributed by atoms with Gasteiger partial charge in [-0.05, 0) is 30.4 Å². The summed E-state index contributed by atoms with van der Waals surface area (Å²) in [7, 11) is 0. The van der Waals surface area contributed by atoms with E-state index in [0.717, 1.165) is 12.8 Å². The third-order valence-electron chi connectivity index (χ3n) is 4.39. The lowest BCUT2D eigenvalue weighted by Gasteiger charge is -2.26. The molecule has 22 heavy (non-hydrogen) atoms. The molecule has 0 saturated heterocycles. The number of carbonyl (C=O) groups is 1. The Morgan fingerprint density at radius 2 is 1.50 bits per heavy atom. The smallest absolute Gasteiger partial charge is 0.303 e. The molecular weight excluding hydrogens is 274 g/mol. The van der Waals surface area contributed by atoms with E-state index >= 15 is 0 Å². The second-order valence-electron chi connectivity index (χ2n) is 6.07. The van der Waals surface area contributed by atoms with Crippen LogP contribution >= 0.6 is 0 Å². The first-order valence-corrected chi connectivity index (χ1v) is 7.78. The van der Waals surface area contributed by atoms with E-state index in [4.69, 9.17) is 5.11 Å². The summed E-state index contributed by atoms with van der Waals surface area (Å²) in [5.74, 6) is -0.718. The van der Waals surface area contributed by atoms with E-state index in [1.54, 1.807) is 0 Å². The second-order valence-corrected chi connectivity index (χ2v) is 6.07. The Labute approximate surface area is 131 Å². The molecule has 0 spiro atoms. The minimum atomic E-state index is -0.718. The zero-order valence-electron chi connectivity index (χ0n) is 12.5. The molecule has 3 heteroatoms. The molecule has 2 aromatic rings. The van der Waals surface area contributed by atoms with E-state index < -0.39 is 5.97 Å². The third kappa shape index (κ3) is 3.55. The first-order chi connectivity index (χ1) is 10.7. The van der Waals surface area contributed by atoms with Gasteiger partial charge in [0, 0.05) is 12.0 Å². The SMILES string of the molecule is O=C(O)CCC1(NC(c2ccccc2)c2ccccc2)CC1. The van der Waals surface area contributed by atoms with Crippen LogP contribution in [-0.4, -0.2) is 16.6 Å². The fraction of sp³-hybridized carbons (Fsp3) is 0.316. The molecule has 0 bridgehead atoms.